The molecular weight excluding hydrogens is 467 g/mol. The second-order valence-electron chi connectivity index (χ2n) is 5.74. The minimum absolute atomic E-state index is 0.0116. The van der Waals surface area contributed by atoms with Gasteiger partial charge >= 0.3 is 6.18 Å². The van der Waals surface area contributed by atoms with Crippen molar-refractivity contribution in [3.8, 4) is 11.5 Å². The predicted octanol–water partition coefficient (Wildman–Crippen LogP) is 3.36. The van der Waals surface area contributed by atoms with Gasteiger partial charge in [-0.25, -0.2) is 13.1 Å². The third-order valence-corrected chi connectivity index (χ3v) is 6.31. The van der Waals surface area contributed by atoms with Crippen LogP contribution < -0.4 is 14.2 Å². The lowest BCUT2D eigenvalue weighted by atomic mass is 10.3. The second-order valence-corrected chi connectivity index (χ2v) is 8.30. The minimum atomic E-state index is -4.57. The zero-order valence-electron chi connectivity index (χ0n) is 15.3. The summed E-state index contributed by atoms with van der Waals surface area (Å²) in [6.45, 7) is 1.64. The van der Waals surface area contributed by atoms with Crippen LogP contribution in [0.2, 0.25) is 0 Å². The monoisotopic (exact) mass is 485 g/mol. The summed E-state index contributed by atoms with van der Waals surface area (Å²) in [6.07, 6.45) is -4.32. The van der Waals surface area contributed by atoms with E-state index in [2.05, 4.69) is 25.8 Å². The molecule has 0 atom stereocenters. The van der Waals surface area contributed by atoms with Gasteiger partial charge in [-0.05, 0) is 41.4 Å². The maximum absolute atomic E-state index is 12.9. The zero-order valence-corrected chi connectivity index (χ0v) is 17.7. The lowest BCUT2D eigenvalue weighted by Gasteiger charge is -2.11. The summed E-state index contributed by atoms with van der Waals surface area (Å²) in [5.41, 5.74) is -0.689. The molecule has 1 N–H and O–H groups in total. The number of rotatable bonds is 8. The Bertz CT molecular complexity index is 945. The van der Waals surface area contributed by atoms with Crippen LogP contribution in [0.25, 0.3) is 0 Å². The average Bonchev–Trinajstić information content (AvgIpc) is 2.93. The fourth-order valence-corrected chi connectivity index (χ4v) is 4.02. The van der Waals surface area contributed by atoms with Gasteiger partial charge in [0.2, 0.25) is 10.0 Å². The molecule has 1 aromatic heterocycles. The normalized spacial score (nSPS) is 12.2. The highest BCUT2D eigenvalue weighted by Crippen LogP contribution is 2.35. The van der Waals surface area contributed by atoms with Gasteiger partial charge in [-0.15, -0.1) is 0 Å². The molecule has 0 saturated heterocycles. The number of sulfonamides is 1. The van der Waals surface area contributed by atoms with E-state index in [0.29, 0.717) is 11.4 Å². The average molecular weight is 486 g/mol. The largest absolute Gasteiger partial charge is 0.493 e. The molecule has 7 nitrogen and oxygen atoms in total. The van der Waals surface area contributed by atoms with E-state index in [-0.39, 0.29) is 34.6 Å². The highest BCUT2D eigenvalue weighted by Gasteiger charge is 2.37. The molecule has 0 aliphatic heterocycles. The van der Waals surface area contributed by atoms with Gasteiger partial charge in [-0.1, -0.05) is 0 Å². The number of alkyl halides is 3. The molecule has 0 unspecified atom stereocenters. The van der Waals surface area contributed by atoms with E-state index >= 15 is 0 Å². The van der Waals surface area contributed by atoms with E-state index < -0.39 is 21.9 Å². The van der Waals surface area contributed by atoms with Crippen molar-refractivity contribution in [2.75, 3.05) is 20.8 Å². The highest BCUT2D eigenvalue weighted by molar-refractivity contribution is 9.10. The third-order valence-electron chi connectivity index (χ3n) is 3.91. The number of aryl methyl sites for hydroxylation is 1. The summed E-state index contributed by atoms with van der Waals surface area (Å²) in [5.74, 6) is 0.656. The SMILES string of the molecule is COc1ccc(S(=O)(=O)NCCCn2nc(C(F)(F)F)c(Br)c2C)cc1OC. The second kappa shape index (κ2) is 8.70. The highest BCUT2D eigenvalue weighted by atomic mass is 79.9. The zero-order chi connectivity index (χ0) is 21.1. The quantitative estimate of drug-likeness (QED) is 0.579. The molecular formula is C16H19BrF3N3O4S. The van der Waals surface area contributed by atoms with E-state index in [1.165, 1.54) is 44.0 Å². The number of halogens is 4. The molecule has 0 fully saturated rings. The van der Waals surface area contributed by atoms with Crippen molar-refractivity contribution in [1.82, 2.24) is 14.5 Å². The summed E-state index contributed by atoms with van der Waals surface area (Å²) in [6, 6.07) is 4.16. The summed E-state index contributed by atoms with van der Waals surface area (Å²) < 4.78 is 77.0. The molecule has 1 heterocycles. The topological polar surface area (TPSA) is 82.5 Å². The van der Waals surface area contributed by atoms with Crippen molar-refractivity contribution in [2.24, 2.45) is 0 Å². The van der Waals surface area contributed by atoms with Crippen LogP contribution in [0.1, 0.15) is 17.8 Å². The molecule has 0 radical (unpaired) electrons. The maximum atomic E-state index is 12.9. The molecule has 2 aromatic rings. The molecule has 12 heteroatoms. The van der Waals surface area contributed by atoms with E-state index in [1.54, 1.807) is 0 Å². The van der Waals surface area contributed by atoms with Crippen molar-refractivity contribution in [3.05, 3.63) is 34.1 Å². The summed E-state index contributed by atoms with van der Waals surface area (Å²) in [4.78, 5) is -0.0116. The van der Waals surface area contributed by atoms with Crippen LogP contribution in [-0.4, -0.2) is 39.0 Å². The minimum Gasteiger partial charge on any atom is -0.493 e. The van der Waals surface area contributed by atoms with Crippen LogP contribution in [0.15, 0.2) is 27.6 Å². The van der Waals surface area contributed by atoms with Crippen LogP contribution in [0, 0.1) is 6.92 Å². The van der Waals surface area contributed by atoms with Crippen LogP contribution >= 0.6 is 15.9 Å². The standard InChI is InChI=1S/C16H19BrF3N3O4S/c1-10-14(17)15(16(18,19)20)22-23(10)8-4-7-21-28(24,25)11-5-6-12(26-2)13(9-11)27-3/h5-6,9,21H,4,7-8H2,1-3H3. The van der Waals surface area contributed by atoms with Crippen molar-refractivity contribution in [3.63, 3.8) is 0 Å². The number of benzene rings is 1. The molecule has 28 heavy (non-hydrogen) atoms. The fourth-order valence-electron chi connectivity index (χ4n) is 2.43. The van der Waals surface area contributed by atoms with Crippen LogP contribution in [0.5, 0.6) is 11.5 Å². The van der Waals surface area contributed by atoms with E-state index in [9.17, 15) is 21.6 Å². The first kappa shape index (κ1) is 22.5. The summed E-state index contributed by atoms with van der Waals surface area (Å²) >= 11 is 2.90. The molecule has 2 rings (SSSR count). The first-order chi connectivity index (χ1) is 13.0. The van der Waals surface area contributed by atoms with Crippen LogP contribution in [0.3, 0.4) is 0 Å². The van der Waals surface area contributed by atoms with Crippen LogP contribution in [-0.2, 0) is 22.7 Å². The number of methoxy groups -OCH3 is 2. The van der Waals surface area contributed by atoms with Gasteiger partial charge in [-0.2, -0.15) is 18.3 Å². The van der Waals surface area contributed by atoms with Gasteiger partial charge in [0.25, 0.3) is 0 Å². The molecule has 0 bridgehead atoms. The first-order valence-corrected chi connectivity index (χ1v) is 10.3. The van der Waals surface area contributed by atoms with Crippen molar-refractivity contribution >= 4 is 26.0 Å². The molecule has 0 amide bonds. The number of ether oxygens (including phenoxy) is 2. The lowest BCUT2D eigenvalue weighted by Crippen LogP contribution is -2.26. The third kappa shape index (κ3) is 4.97. The maximum Gasteiger partial charge on any atom is 0.436 e. The Morgan fingerprint density at radius 1 is 1.21 bits per heavy atom. The molecule has 0 aliphatic rings. The molecule has 0 spiro atoms. The van der Waals surface area contributed by atoms with Gasteiger partial charge in [0, 0.05) is 19.2 Å². The van der Waals surface area contributed by atoms with E-state index in [0.717, 1.165) is 0 Å². The Hall–Kier alpha value is -1.79. The summed E-state index contributed by atoms with van der Waals surface area (Å²) in [5, 5.41) is 3.55. The summed E-state index contributed by atoms with van der Waals surface area (Å²) in [7, 11) is -0.988. The van der Waals surface area contributed by atoms with Crippen molar-refractivity contribution in [2.45, 2.75) is 31.0 Å². The van der Waals surface area contributed by atoms with Gasteiger partial charge < -0.3 is 9.47 Å². The van der Waals surface area contributed by atoms with E-state index in [1.807, 2.05) is 0 Å². The van der Waals surface area contributed by atoms with Gasteiger partial charge in [0.05, 0.1) is 29.3 Å². The molecule has 156 valence electrons. The van der Waals surface area contributed by atoms with Crippen molar-refractivity contribution < 1.29 is 31.1 Å². The fraction of sp³-hybridized carbons (Fsp3) is 0.438. The Labute approximate surface area is 169 Å². The Kier molecular flexibility index (Phi) is 6.99. The van der Waals surface area contributed by atoms with Crippen LogP contribution in [0.4, 0.5) is 13.2 Å². The smallest absolute Gasteiger partial charge is 0.436 e. The van der Waals surface area contributed by atoms with Crippen molar-refractivity contribution in [1.29, 1.82) is 0 Å². The van der Waals surface area contributed by atoms with E-state index in [4.69, 9.17) is 9.47 Å². The molecule has 0 saturated carbocycles. The number of hydrogen-bond donors (Lipinski definition) is 1. The number of hydrogen-bond acceptors (Lipinski definition) is 5. The molecule has 0 aliphatic carbocycles. The van der Waals surface area contributed by atoms with Gasteiger partial charge in [0.1, 0.15) is 0 Å². The number of nitrogens with one attached hydrogen (secondary N) is 1. The number of nitrogens with zero attached hydrogens (tertiary/aromatic N) is 2. The first-order valence-electron chi connectivity index (χ1n) is 8.03. The van der Waals surface area contributed by atoms with Gasteiger partial charge in [0.15, 0.2) is 17.2 Å². The Morgan fingerprint density at radius 2 is 1.86 bits per heavy atom. The lowest BCUT2D eigenvalue weighted by molar-refractivity contribution is -0.142. The Morgan fingerprint density at radius 3 is 2.39 bits per heavy atom. The Balaban J connectivity index is 2.02. The molecule has 1 aromatic carbocycles. The van der Waals surface area contributed by atoms with Gasteiger partial charge in [-0.3, -0.25) is 4.68 Å². The predicted molar refractivity (Wildman–Crippen MR) is 99.0 cm³/mol. The number of aromatic nitrogens is 2.